The molecule has 2 amide bonds. The van der Waals surface area contributed by atoms with Gasteiger partial charge in [-0.25, -0.2) is 4.39 Å². The van der Waals surface area contributed by atoms with Gasteiger partial charge in [-0.3, -0.25) is 24.8 Å². The molecular weight excluding hydrogens is 485 g/mol. The number of carbonyl (C=O) groups excluding carboxylic acids is 2. The van der Waals surface area contributed by atoms with Crippen molar-refractivity contribution in [1.29, 1.82) is 0 Å². The van der Waals surface area contributed by atoms with Crippen molar-refractivity contribution in [3.05, 3.63) is 76.7 Å². The molecule has 8 heteroatoms. The van der Waals surface area contributed by atoms with Gasteiger partial charge < -0.3 is 9.47 Å². The number of pyridine rings is 1. The lowest BCUT2D eigenvalue weighted by molar-refractivity contribution is -0.134. The smallest absolute Gasteiger partial charge is 0.234 e. The molecule has 1 aromatic heterocycles. The van der Waals surface area contributed by atoms with Gasteiger partial charge in [0.25, 0.3) is 0 Å². The summed E-state index contributed by atoms with van der Waals surface area (Å²) >= 11 is 0. The van der Waals surface area contributed by atoms with E-state index in [1.165, 1.54) is 11.1 Å². The number of likely N-dealkylation sites (tertiary alicyclic amines) is 1. The zero-order chi connectivity index (χ0) is 26.1. The number of imide groups is 1. The number of benzene rings is 2. The van der Waals surface area contributed by atoms with E-state index in [4.69, 9.17) is 9.47 Å². The summed E-state index contributed by atoms with van der Waals surface area (Å²) in [5.41, 5.74) is 3.17. The Morgan fingerprint density at radius 2 is 1.95 bits per heavy atom. The summed E-state index contributed by atoms with van der Waals surface area (Å²) in [5.74, 6) is -0.949. The van der Waals surface area contributed by atoms with E-state index in [2.05, 4.69) is 46.4 Å². The molecule has 4 aliphatic rings. The number of aromatic nitrogens is 1. The average molecular weight is 516 g/mol. The molecule has 7 nitrogen and oxygen atoms in total. The van der Waals surface area contributed by atoms with Crippen molar-refractivity contribution in [2.45, 2.75) is 55.8 Å². The van der Waals surface area contributed by atoms with E-state index in [1.807, 2.05) is 6.07 Å². The van der Waals surface area contributed by atoms with Crippen LogP contribution in [0.15, 0.2) is 48.7 Å². The van der Waals surface area contributed by atoms with Gasteiger partial charge in [-0.15, -0.1) is 0 Å². The van der Waals surface area contributed by atoms with Crippen molar-refractivity contribution in [1.82, 2.24) is 15.2 Å². The van der Waals surface area contributed by atoms with Crippen LogP contribution in [0.4, 0.5) is 4.39 Å². The fourth-order valence-electron chi connectivity index (χ4n) is 6.54. The van der Waals surface area contributed by atoms with E-state index >= 15 is 4.39 Å². The fourth-order valence-corrected chi connectivity index (χ4v) is 6.54. The van der Waals surface area contributed by atoms with Gasteiger partial charge in [-0.05, 0) is 48.6 Å². The molecule has 3 unspecified atom stereocenters. The first kappa shape index (κ1) is 23.9. The Kier molecular flexibility index (Phi) is 5.44. The molecule has 0 spiro atoms. The van der Waals surface area contributed by atoms with Gasteiger partial charge >= 0.3 is 0 Å². The SMILES string of the molecule is CC12CN(Cc3ccc(C4COC4)cc3)CCC1(c1ccc3ncc(C4CCC(=O)NC4=O)cc3c1F)O2. The minimum absolute atomic E-state index is 0.266. The molecule has 1 N–H and O–H groups in total. The van der Waals surface area contributed by atoms with E-state index in [-0.39, 0.29) is 24.1 Å². The monoisotopic (exact) mass is 515 g/mol. The van der Waals surface area contributed by atoms with E-state index in [1.54, 1.807) is 18.3 Å². The fraction of sp³-hybridized carbons (Fsp3) is 0.433. The predicted octanol–water partition coefficient (Wildman–Crippen LogP) is 3.90. The molecule has 0 bridgehead atoms. The predicted molar refractivity (Wildman–Crippen MR) is 138 cm³/mol. The van der Waals surface area contributed by atoms with E-state index in [0.717, 1.165) is 32.8 Å². The lowest BCUT2D eigenvalue weighted by Crippen LogP contribution is -2.44. The molecule has 38 heavy (non-hydrogen) atoms. The zero-order valence-corrected chi connectivity index (χ0v) is 21.3. The number of epoxide rings is 1. The molecule has 4 saturated heterocycles. The summed E-state index contributed by atoms with van der Waals surface area (Å²) in [6, 6.07) is 14.1. The molecule has 0 saturated carbocycles. The summed E-state index contributed by atoms with van der Waals surface area (Å²) < 4.78 is 27.8. The largest absolute Gasteiger partial charge is 0.380 e. The first-order chi connectivity index (χ1) is 18.3. The Labute approximate surface area is 220 Å². The minimum atomic E-state index is -0.666. The highest BCUT2D eigenvalue weighted by atomic mass is 19.1. The molecule has 0 radical (unpaired) electrons. The number of amides is 2. The maximum atomic E-state index is 16.1. The minimum Gasteiger partial charge on any atom is -0.380 e. The van der Waals surface area contributed by atoms with Crippen LogP contribution in [0.2, 0.25) is 0 Å². The lowest BCUT2D eigenvalue weighted by atomic mass is 9.80. The number of ether oxygens (including phenoxy) is 2. The van der Waals surface area contributed by atoms with Crippen LogP contribution in [-0.2, 0) is 31.2 Å². The van der Waals surface area contributed by atoms with Crippen molar-refractivity contribution in [3.63, 3.8) is 0 Å². The Morgan fingerprint density at radius 3 is 2.66 bits per heavy atom. The average Bonchev–Trinajstić information content (AvgIpc) is 3.50. The van der Waals surface area contributed by atoms with Gasteiger partial charge in [0.05, 0.1) is 24.6 Å². The van der Waals surface area contributed by atoms with Crippen molar-refractivity contribution < 1.29 is 23.5 Å². The molecule has 0 aliphatic carbocycles. The topological polar surface area (TPSA) is 84.1 Å². The molecule has 4 fully saturated rings. The van der Waals surface area contributed by atoms with Gasteiger partial charge in [-0.1, -0.05) is 30.3 Å². The number of nitrogens with one attached hydrogen (secondary N) is 1. The van der Waals surface area contributed by atoms with Crippen molar-refractivity contribution in [3.8, 4) is 0 Å². The van der Waals surface area contributed by atoms with E-state index < -0.39 is 17.1 Å². The summed E-state index contributed by atoms with van der Waals surface area (Å²) in [5, 5.41) is 2.76. The lowest BCUT2D eigenvalue weighted by Gasteiger charge is -2.33. The van der Waals surface area contributed by atoms with Gasteiger partial charge in [-0.2, -0.15) is 0 Å². The van der Waals surface area contributed by atoms with Crippen LogP contribution in [0.5, 0.6) is 0 Å². The van der Waals surface area contributed by atoms with Gasteiger partial charge in [0.2, 0.25) is 11.8 Å². The van der Waals surface area contributed by atoms with Crippen LogP contribution in [0, 0.1) is 5.82 Å². The molecule has 3 aromatic rings. The Balaban J connectivity index is 1.11. The second kappa shape index (κ2) is 8.66. The Hall–Kier alpha value is -3.20. The molecule has 7 rings (SSSR count). The molecule has 5 heterocycles. The van der Waals surface area contributed by atoms with Crippen LogP contribution in [0.25, 0.3) is 10.9 Å². The molecular formula is C30H30FN3O4. The second-order valence-corrected chi connectivity index (χ2v) is 11.4. The van der Waals surface area contributed by atoms with Crippen LogP contribution in [0.1, 0.15) is 60.3 Å². The van der Waals surface area contributed by atoms with E-state index in [9.17, 15) is 9.59 Å². The number of halogens is 1. The molecule has 2 aromatic carbocycles. The van der Waals surface area contributed by atoms with Crippen LogP contribution >= 0.6 is 0 Å². The van der Waals surface area contributed by atoms with Crippen LogP contribution in [-0.4, -0.2) is 53.6 Å². The Bertz CT molecular complexity index is 1460. The third-order valence-electron chi connectivity index (χ3n) is 8.91. The number of piperidine rings is 2. The van der Waals surface area contributed by atoms with Gasteiger partial charge in [0.1, 0.15) is 17.0 Å². The van der Waals surface area contributed by atoms with Gasteiger partial charge in [0, 0.05) is 49.1 Å². The first-order valence-corrected chi connectivity index (χ1v) is 13.4. The normalized spacial score (nSPS) is 29.6. The Morgan fingerprint density at radius 1 is 1.13 bits per heavy atom. The highest BCUT2D eigenvalue weighted by Crippen LogP contribution is 2.61. The molecule has 3 atom stereocenters. The number of fused-ring (bicyclic) bond motifs is 2. The number of nitrogens with zero attached hydrogens (tertiary/aromatic N) is 2. The number of hydrogen-bond acceptors (Lipinski definition) is 6. The highest BCUT2D eigenvalue weighted by Gasteiger charge is 2.70. The zero-order valence-electron chi connectivity index (χ0n) is 21.3. The third kappa shape index (κ3) is 3.77. The summed E-state index contributed by atoms with van der Waals surface area (Å²) in [6.07, 6.45) is 2.98. The quantitative estimate of drug-likeness (QED) is 0.410. The number of rotatable bonds is 5. The van der Waals surface area contributed by atoms with Crippen molar-refractivity contribution in [2.75, 3.05) is 26.3 Å². The van der Waals surface area contributed by atoms with Crippen molar-refractivity contribution in [2.24, 2.45) is 0 Å². The summed E-state index contributed by atoms with van der Waals surface area (Å²) in [7, 11) is 0. The second-order valence-electron chi connectivity index (χ2n) is 11.4. The standard InChI is InChI=1S/C30H30FN3O4/c1-29-17-34(14-18-2-4-19(5-3-18)21-15-37-16-21)11-10-30(29,38-29)24-7-8-25-23(27(24)31)12-20(13-32-25)22-6-9-26(35)33-28(22)36/h2-5,7-8,12-13,21-22H,6,9-11,14-17H2,1H3,(H,33,35,36). The van der Waals surface area contributed by atoms with Crippen LogP contribution < -0.4 is 5.32 Å². The van der Waals surface area contributed by atoms with E-state index in [0.29, 0.717) is 40.8 Å². The third-order valence-corrected chi connectivity index (χ3v) is 8.91. The maximum absolute atomic E-state index is 16.1. The number of hydrogen-bond donors (Lipinski definition) is 1. The van der Waals surface area contributed by atoms with Crippen LogP contribution in [0.3, 0.4) is 0 Å². The highest BCUT2D eigenvalue weighted by molar-refractivity contribution is 6.01. The van der Waals surface area contributed by atoms with Gasteiger partial charge in [0.15, 0.2) is 0 Å². The number of carbonyl (C=O) groups is 2. The molecule has 196 valence electrons. The first-order valence-electron chi connectivity index (χ1n) is 13.4. The molecule has 4 aliphatic heterocycles. The summed E-state index contributed by atoms with van der Waals surface area (Å²) in [6.45, 7) is 6.04. The summed E-state index contributed by atoms with van der Waals surface area (Å²) in [4.78, 5) is 30.8. The van der Waals surface area contributed by atoms with Crippen molar-refractivity contribution >= 4 is 22.7 Å². The maximum Gasteiger partial charge on any atom is 0.234 e.